The molecular formula is C12H20N4. The van der Waals surface area contributed by atoms with Crippen LogP contribution in [0.25, 0.3) is 0 Å². The first-order valence-electron chi connectivity index (χ1n) is 5.55. The molecule has 2 N–H and O–H groups in total. The zero-order chi connectivity index (χ0) is 12.5. The maximum Gasteiger partial charge on any atom is 0.140 e. The minimum atomic E-state index is -0.190. The van der Waals surface area contributed by atoms with Gasteiger partial charge in [-0.1, -0.05) is 13.8 Å². The largest absolute Gasteiger partial charge is 0.383 e. The number of hydrogen-bond acceptors (Lipinski definition) is 3. The first kappa shape index (κ1) is 12.6. The van der Waals surface area contributed by atoms with Crippen LogP contribution >= 0.6 is 0 Å². The second-order valence-corrected chi connectivity index (χ2v) is 5.50. The topological polar surface area (TPSA) is 67.6 Å². The molecule has 0 spiro atoms. The van der Waals surface area contributed by atoms with Gasteiger partial charge in [0.2, 0.25) is 0 Å². The molecule has 0 aromatic carbocycles. The monoisotopic (exact) mass is 220 g/mol. The van der Waals surface area contributed by atoms with Crippen molar-refractivity contribution in [1.29, 1.82) is 5.26 Å². The first-order chi connectivity index (χ1) is 7.27. The molecule has 4 heteroatoms. The highest BCUT2D eigenvalue weighted by molar-refractivity contribution is 5.52. The molecule has 1 rings (SSSR count). The molecule has 0 atom stereocenters. The van der Waals surface area contributed by atoms with Gasteiger partial charge in [-0.25, -0.2) is 4.68 Å². The number of nitrogen functional groups attached to an aromatic ring is 1. The Bertz CT molecular complexity index is 415. The van der Waals surface area contributed by atoms with Crippen LogP contribution in [0.3, 0.4) is 0 Å². The molecule has 88 valence electrons. The summed E-state index contributed by atoms with van der Waals surface area (Å²) in [4.78, 5) is 0. The SMILES string of the molecule is CC(C)Cc1nn(C(C)(C)C)c(N)c1C#N. The maximum absolute atomic E-state index is 9.11. The van der Waals surface area contributed by atoms with Gasteiger partial charge in [0.05, 0.1) is 11.2 Å². The number of nitriles is 1. The third-order valence-corrected chi connectivity index (χ3v) is 2.34. The highest BCUT2D eigenvalue weighted by atomic mass is 15.3. The van der Waals surface area contributed by atoms with Gasteiger partial charge in [-0.05, 0) is 33.1 Å². The summed E-state index contributed by atoms with van der Waals surface area (Å²) in [6, 6.07) is 2.15. The van der Waals surface area contributed by atoms with E-state index in [9.17, 15) is 0 Å². The fraction of sp³-hybridized carbons (Fsp3) is 0.667. The van der Waals surface area contributed by atoms with E-state index in [1.807, 2.05) is 20.8 Å². The third kappa shape index (κ3) is 2.35. The van der Waals surface area contributed by atoms with Crippen LogP contribution in [-0.2, 0) is 12.0 Å². The number of nitrogens with two attached hydrogens (primary N) is 1. The van der Waals surface area contributed by atoms with Gasteiger partial charge < -0.3 is 5.73 Å². The molecule has 0 fully saturated rings. The van der Waals surface area contributed by atoms with Gasteiger partial charge in [-0.2, -0.15) is 10.4 Å². The van der Waals surface area contributed by atoms with E-state index in [0.29, 0.717) is 17.3 Å². The quantitative estimate of drug-likeness (QED) is 0.831. The van der Waals surface area contributed by atoms with Crippen LogP contribution in [0.1, 0.15) is 45.9 Å². The fourth-order valence-corrected chi connectivity index (χ4v) is 1.64. The fourth-order valence-electron chi connectivity index (χ4n) is 1.64. The van der Waals surface area contributed by atoms with Crippen LogP contribution in [0.15, 0.2) is 0 Å². The minimum Gasteiger partial charge on any atom is -0.383 e. The summed E-state index contributed by atoms with van der Waals surface area (Å²) in [5, 5.41) is 13.6. The predicted octanol–water partition coefficient (Wildman–Crippen LogP) is 2.29. The zero-order valence-corrected chi connectivity index (χ0v) is 10.7. The minimum absolute atomic E-state index is 0.190. The van der Waals surface area contributed by atoms with Gasteiger partial charge in [0.15, 0.2) is 0 Å². The summed E-state index contributed by atoms with van der Waals surface area (Å²) in [5.74, 6) is 0.945. The second-order valence-electron chi connectivity index (χ2n) is 5.50. The molecule has 0 bridgehead atoms. The van der Waals surface area contributed by atoms with Crippen LogP contribution in [0.2, 0.25) is 0 Å². The standard InChI is InChI=1S/C12H20N4/c1-8(2)6-10-9(7-13)11(14)16(15-10)12(3,4)5/h8H,6,14H2,1-5H3. The molecule has 1 heterocycles. The number of rotatable bonds is 2. The van der Waals surface area contributed by atoms with Crippen molar-refractivity contribution < 1.29 is 0 Å². The molecule has 1 aromatic rings. The molecular weight excluding hydrogens is 200 g/mol. The smallest absolute Gasteiger partial charge is 0.140 e. The molecule has 0 aliphatic rings. The number of anilines is 1. The number of aromatic nitrogens is 2. The van der Waals surface area contributed by atoms with Crippen LogP contribution < -0.4 is 5.73 Å². The molecule has 0 amide bonds. The lowest BCUT2D eigenvalue weighted by Crippen LogP contribution is -2.25. The zero-order valence-electron chi connectivity index (χ0n) is 10.7. The highest BCUT2D eigenvalue weighted by Gasteiger charge is 2.23. The molecule has 4 nitrogen and oxygen atoms in total. The highest BCUT2D eigenvalue weighted by Crippen LogP contribution is 2.25. The summed E-state index contributed by atoms with van der Waals surface area (Å²) < 4.78 is 1.74. The summed E-state index contributed by atoms with van der Waals surface area (Å²) in [5.41, 5.74) is 7.11. The lowest BCUT2D eigenvalue weighted by atomic mass is 10.1. The molecule has 0 aliphatic carbocycles. The van der Waals surface area contributed by atoms with E-state index in [2.05, 4.69) is 25.0 Å². The maximum atomic E-state index is 9.11. The lowest BCUT2D eigenvalue weighted by molar-refractivity contribution is 0.358. The first-order valence-corrected chi connectivity index (χ1v) is 5.55. The predicted molar refractivity (Wildman–Crippen MR) is 64.9 cm³/mol. The van der Waals surface area contributed by atoms with Crippen LogP contribution in [0, 0.1) is 17.2 Å². The van der Waals surface area contributed by atoms with Crippen molar-refractivity contribution in [3.63, 3.8) is 0 Å². The van der Waals surface area contributed by atoms with E-state index < -0.39 is 0 Å². The molecule has 0 radical (unpaired) electrons. The molecule has 0 unspecified atom stereocenters. The van der Waals surface area contributed by atoms with Crippen molar-refractivity contribution >= 4 is 5.82 Å². The Balaban J connectivity index is 3.27. The van der Waals surface area contributed by atoms with E-state index >= 15 is 0 Å². The average molecular weight is 220 g/mol. The van der Waals surface area contributed by atoms with Crippen LogP contribution in [0.5, 0.6) is 0 Å². The Morgan fingerprint density at radius 1 is 1.44 bits per heavy atom. The van der Waals surface area contributed by atoms with Gasteiger partial charge >= 0.3 is 0 Å². The summed E-state index contributed by atoms with van der Waals surface area (Å²) in [6.45, 7) is 10.3. The Morgan fingerprint density at radius 2 is 2.00 bits per heavy atom. The number of nitrogens with zero attached hydrogens (tertiary/aromatic N) is 3. The van der Waals surface area contributed by atoms with E-state index in [4.69, 9.17) is 11.0 Å². The van der Waals surface area contributed by atoms with Crippen LogP contribution in [-0.4, -0.2) is 9.78 Å². The Hall–Kier alpha value is -1.50. The van der Waals surface area contributed by atoms with E-state index in [1.165, 1.54) is 0 Å². The van der Waals surface area contributed by atoms with Gasteiger partial charge in [0.25, 0.3) is 0 Å². The molecule has 16 heavy (non-hydrogen) atoms. The van der Waals surface area contributed by atoms with Crippen molar-refractivity contribution in [3.05, 3.63) is 11.3 Å². The van der Waals surface area contributed by atoms with Crippen LogP contribution in [0.4, 0.5) is 5.82 Å². The summed E-state index contributed by atoms with van der Waals surface area (Å²) in [7, 11) is 0. The van der Waals surface area contributed by atoms with Gasteiger partial charge in [0, 0.05) is 0 Å². The van der Waals surface area contributed by atoms with E-state index in [1.54, 1.807) is 4.68 Å². The molecule has 0 saturated heterocycles. The lowest BCUT2D eigenvalue weighted by Gasteiger charge is -2.20. The average Bonchev–Trinajstić information content (AvgIpc) is 2.40. The Kier molecular flexibility index (Phi) is 3.27. The van der Waals surface area contributed by atoms with Gasteiger partial charge in [-0.15, -0.1) is 0 Å². The van der Waals surface area contributed by atoms with E-state index in [-0.39, 0.29) is 5.54 Å². The van der Waals surface area contributed by atoms with Gasteiger partial charge in [0.1, 0.15) is 17.5 Å². The van der Waals surface area contributed by atoms with E-state index in [0.717, 1.165) is 12.1 Å². The van der Waals surface area contributed by atoms with Crippen molar-refractivity contribution in [3.8, 4) is 6.07 Å². The third-order valence-electron chi connectivity index (χ3n) is 2.34. The van der Waals surface area contributed by atoms with Crippen molar-refractivity contribution in [2.75, 3.05) is 5.73 Å². The Labute approximate surface area is 97.1 Å². The molecule has 0 saturated carbocycles. The second kappa shape index (κ2) is 4.17. The summed E-state index contributed by atoms with van der Waals surface area (Å²) >= 11 is 0. The Morgan fingerprint density at radius 3 is 2.38 bits per heavy atom. The number of hydrogen-bond donors (Lipinski definition) is 1. The molecule has 1 aromatic heterocycles. The summed E-state index contributed by atoms with van der Waals surface area (Å²) in [6.07, 6.45) is 0.788. The van der Waals surface area contributed by atoms with Crippen molar-refractivity contribution in [2.24, 2.45) is 5.92 Å². The van der Waals surface area contributed by atoms with Crippen molar-refractivity contribution in [2.45, 2.75) is 46.6 Å². The normalized spacial score (nSPS) is 11.8. The molecule has 0 aliphatic heterocycles. The van der Waals surface area contributed by atoms with Gasteiger partial charge in [-0.3, -0.25) is 0 Å². The van der Waals surface area contributed by atoms with Crippen molar-refractivity contribution in [1.82, 2.24) is 9.78 Å².